The SMILES string of the molecule is COc1ccc2cc(CN(C)c3ccc(C(C)=O)cc3[N+](=O)[O-])ccc2c1. The maximum absolute atomic E-state index is 11.5. The van der Waals surface area contributed by atoms with Crippen LogP contribution < -0.4 is 9.64 Å². The predicted octanol–water partition coefficient (Wildman–Crippen LogP) is 4.60. The Bertz CT molecular complexity index is 1030. The van der Waals surface area contributed by atoms with Crippen molar-refractivity contribution in [2.24, 2.45) is 0 Å². The van der Waals surface area contributed by atoms with E-state index in [-0.39, 0.29) is 11.5 Å². The molecule has 3 aromatic carbocycles. The molecule has 0 atom stereocenters. The molecule has 6 heteroatoms. The summed E-state index contributed by atoms with van der Waals surface area (Å²) < 4.78 is 5.24. The molecule has 0 aliphatic rings. The molecule has 27 heavy (non-hydrogen) atoms. The van der Waals surface area contributed by atoms with Crippen LogP contribution in [0.4, 0.5) is 11.4 Å². The molecule has 0 saturated carbocycles. The lowest BCUT2D eigenvalue weighted by atomic mass is 10.1. The number of carbonyl (C=O) groups excluding carboxylic acids is 1. The smallest absolute Gasteiger partial charge is 0.293 e. The molecule has 0 aliphatic carbocycles. The van der Waals surface area contributed by atoms with Gasteiger partial charge in [-0.2, -0.15) is 0 Å². The number of Topliss-reactive ketones (excluding diaryl/α,β-unsaturated/α-hetero) is 1. The maximum atomic E-state index is 11.5. The lowest BCUT2D eigenvalue weighted by Gasteiger charge is -2.20. The van der Waals surface area contributed by atoms with Gasteiger partial charge < -0.3 is 9.64 Å². The van der Waals surface area contributed by atoms with Gasteiger partial charge in [0.15, 0.2) is 5.78 Å². The van der Waals surface area contributed by atoms with E-state index < -0.39 is 4.92 Å². The first-order valence-corrected chi connectivity index (χ1v) is 8.46. The van der Waals surface area contributed by atoms with Crippen LogP contribution in [0.5, 0.6) is 5.75 Å². The number of fused-ring (bicyclic) bond motifs is 1. The molecular formula is C21H20N2O4. The monoisotopic (exact) mass is 364 g/mol. The van der Waals surface area contributed by atoms with Crippen molar-refractivity contribution in [1.29, 1.82) is 0 Å². The number of rotatable bonds is 6. The number of carbonyl (C=O) groups is 1. The van der Waals surface area contributed by atoms with Crippen LogP contribution in [0.25, 0.3) is 10.8 Å². The normalized spacial score (nSPS) is 10.6. The summed E-state index contributed by atoms with van der Waals surface area (Å²) in [4.78, 5) is 24.3. The number of nitro groups is 1. The van der Waals surface area contributed by atoms with Crippen molar-refractivity contribution in [3.8, 4) is 5.75 Å². The van der Waals surface area contributed by atoms with E-state index >= 15 is 0 Å². The zero-order chi connectivity index (χ0) is 19.6. The van der Waals surface area contributed by atoms with Gasteiger partial charge in [0, 0.05) is 25.2 Å². The fourth-order valence-electron chi connectivity index (χ4n) is 3.07. The van der Waals surface area contributed by atoms with Crippen molar-refractivity contribution in [3.63, 3.8) is 0 Å². The molecule has 0 amide bonds. The van der Waals surface area contributed by atoms with Crippen molar-refractivity contribution in [3.05, 3.63) is 75.8 Å². The molecule has 0 bridgehead atoms. The van der Waals surface area contributed by atoms with Gasteiger partial charge in [0.25, 0.3) is 5.69 Å². The van der Waals surface area contributed by atoms with Gasteiger partial charge in [-0.25, -0.2) is 0 Å². The first-order valence-electron chi connectivity index (χ1n) is 8.46. The van der Waals surface area contributed by atoms with Gasteiger partial charge in [0.05, 0.1) is 12.0 Å². The largest absolute Gasteiger partial charge is 0.497 e. The zero-order valence-corrected chi connectivity index (χ0v) is 15.4. The van der Waals surface area contributed by atoms with Crippen molar-refractivity contribution in [2.75, 3.05) is 19.1 Å². The average Bonchev–Trinajstić information content (AvgIpc) is 2.66. The first-order chi connectivity index (χ1) is 12.9. The number of nitrogens with zero attached hydrogens (tertiary/aromatic N) is 2. The quantitative estimate of drug-likeness (QED) is 0.363. The minimum absolute atomic E-state index is 0.0734. The van der Waals surface area contributed by atoms with E-state index in [2.05, 4.69) is 6.07 Å². The molecule has 0 fully saturated rings. The second kappa shape index (κ2) is 7.45. The summed E-state index contributed by atoms with van der Waals surface area (Å²) in [5.74, 6) is 0.603. The highest BCUT2D eigenvalue weighted by molar-refractivity contribution is 5.95. The molecule has 138 valence electrons. The number of hydrogen-bond acceptors (Lipinski definition) is 5. The molecule has 0 radical (unpaired) electrons. The van der Waals surface area contributed by atoms with Crippen LogP contribution in [0.15, 0.2) is 54.6 Å². The number of methoxy groups -OCH3 is 1. The van der Waals surface area contributed by atoms with Crippen molar-refractivity contribution in [1.82, 2.24) is 0 Å². The van der Waals surface area contributed by atoms with E-state index in [0.717, 1.165) is 22.1 Å². The summed E-state index contributed by atoms with van der Waals surface area (Å²) in [6, 6.07) is 16.5. The number of anilines is 1. The Morgan fingerprint density at radius 2 is 1.78 bits per heavy atom. The Morgan fingerprint density at radius 1 is 1.07 bits per heavy atom. The van der Waals surface area contributed by atoms with Crippen LogP contribution in [0.1, 0.15) is 22.8 Å². The van der Waals surface area contributed by atoms with E-state index in [1.54, 1.807) is 26.3 Å². The molecule has 0 unspecified atom stereocenters. The van der Waals surface area contributed by atoms with Crippen LogP contribution in [0.3, 0.4) is 0 Å². The van der Waals surface area contributed by atoms with Gasteiger partial charge >= 0.3 is 0 Å². The van der Waals surface area contributed by atoms with Gasteiger partial charge in [-0.1, -0.05) is 18.2 Å². The number of nitro benzene ring substituents is 1. The fourth-order valence-corrected chi connectivity index (χ4v) is 3.07. The summed E-state index contributed by atoms with van der Waals surface area (Å²) in [5.41, 5.74) is 1.76. The van der Waals surface area contributed by atoms with Crippen LogP contribution in [0.2, 0.25) is 0 Å². The molecule has 0 heterocycles. The highest BCUT2D eigenvalue weighted by Gasteiger charge is 2.19. The molecule has 0 spiro atoms. The van der Waals surface area contributed by atoms with E-state index in [1.165, 1.54) is 13.0 Å². The first kappa shape index (κ1) is 18.4. The summed E-state index contributed by atoms with van der Waals surface area (Å²) in [5, 5.41) is 13.6. The number of hydrogen-bond donors (Lipinski definition) is 0. The van der Waals surface area contributed by atoms with Crippen molar-refractivity contribution in [2.45, 2.75) is 13.5 Å². The molecule has 6 nitrogen and oxygen atoms in total. The van der Waals surface area contributed by atoms with Crippen LogP contribution in [-0.2, 0) is 6.54 Å². The highest BCUT2D eigenvalue weighted by Crippen LogP contribution is 2.30. The minimum Gasteiger partial charge on any atom is -0.497 e. The van der Waals surface area contributed by atoms with Gasteiger partial charge in [-0.05, 0) is 53.6 Å². The topological polar surface area (TPSA) is 72.7 Å². The van der Waals surface area contributed by atoms with Gasteiger partial charge in [-0.15, -0.1) is 0 Å². The Balaban J connectivity index is 1.90. The number of benzene rings is 3. The molecule has 3 aromatic rings. The van der Waals surface area contributed by atoms with Crippen LogP contribution >= 0.6 is 0 Å². The van der Waals surface area contributed by atoms with Crippen LogP contribution in [-0.4, -0.2) is 24.9 Å². The Morgan fingerprint density at radius 3 is 2.44 bits per heavy atom. The fraction of sp³-hybridized carbons (Fsp3) is 0.190. The summed E-state index contributed by atoms with van der Waals surface area (Å²) in [6.45, 7) is 1.90. The molecule has 3 rings (SSSR count). The lowest BCUT2D eigenvalue weighted by molar-refractivity contribution is -0.384. The molecule has 0 saturated heterocycles. The van der Waals surface area contributed by atoms with E-state index in [9.17, 15) is 14.9 Å². The Labute approximate surface area is 157 Å². The summed E-state index contributed by atoms with van der Waals surface area (Å²) in [7, 11) is 3.43. The minimum atomic E-state index is -0.453. The van der Waals surface area contributed by atoms with E-state index in [0.29, 0.717) is 17.8 Å². The predicted molar refractivity (Wildman–Crippen MR) is 106 cm³/mol. The summed E-state index contributed by atoms with van der Waals surface area (Å²) in [6.07, 6.45) is 0. The zero-order valence-electron chi connectivity index (χ0n) is 15.4. The van der Waals surface area contributed by atoms with Gasteiger partial charge in [-0.3, -0.25) is 14.9 Å². The second-order valence-corrected chi connectivity index (χ2v) is 6.42. The average molecular weight is 364 g/mol. The number of ether oxygens (including phenoxy) is 1. The molecule has 0 N–H and O–H groups in total. The van der Waals surface area contributed by atoms with Gasteiger partial charge in [0.2, 0.25) is 0 Å². The molecule has 0 aliphatic heterocycles. The third kappa shape index (κ3) is 3.89. The maximum Gasteiger partial charge on any atom is 0.293 e. The van der Waals surface area contributed by atoms with E-state index in [4.69, 9.17) is 4.74 Å². The van der Waals surface area contributed by atoms with Gasteiger partial charge in [0.1, 0.15) is 11.4 Å². The Hall–Kier alpha value is -3.41. The number of ketones is 1. The van der Waals surface area contributed by atoms with Crippen molar-refractivity contribution >= 4 is 27.9 Å². The molecule has 0 aromatic heterocycles. The Kier molecular flexibility index (Phi) is 5.07. The summed E-state index contributed by atoms with van der Waals surface area (Å²) >= 11 is 0. The third-order valence-corrected chi connectivity index (χ3v) is 4.52. The standard InChI is InChI=1S/C21H20N2O4/c1-14(24)16-7-9-20(21(12-16)23(25)26)22(2)13-15-4-5-18-11-19(27-3)8-6-17(18)10-15/h4-12H,13H2,1-3H3. The third-order valence-electron chi connectivity index (χ3n) is 4.52. The highest BCUT2D eigenvalue weighted by atomic mass is 16.6. The van der Waals surface area contributed by atoms with E-state index in [1.807, 2.05) is 35.2 Å². The van der Waals surface area contributed by atoms with Crippen molar-refractivity contribution < 1.29 is 14.5 Å². The van der Waals surface area contributed by atoms with Crippen LogP contribution in [0, 0.1) is 10.1 Å². The second-order valence-electron chi connectivity index (χ2n) is 6.42. The molecular weight excluding hydrogens is 344 g/mol. The lowest BCUT2D eigenvalue weighted by Crippen LogP contribution is -2.18.